The van der Waals surface area contributed by atoms with Crippen LogP contribution in [-0.2, 0) is 11.3 Å². The van der Waals surface area contributed by atoms with Gasteiger partial charge in [0.1, 0.15) is 0 Å². The Kier molecular flexibility index (Phi) is 5.99. The number of aliphatic hydroxyl groups is 1. The quantitative estimate of drug-likeness (QED) is 0.741. The summed E-state index contributed by atoms with van der Waals surface area (Å²) in [6.07, 6.45) is 1.47. The molecule has 0 amide bonds. The van der Waals surface area contributed by atoms with Crippen LogP contribution in [0.1, 0.15) is 42.6 Å². The Labute approximate surface area is 114 Å². The number of ether oxygens (including phenoxy) is 1. The Bertz CT molecular complexity index is 396. The lowest BCUT2D eigenvalue weighted by Gasteiger charge is -2.25. The largest absolute Gasteiger partial charge is 0.465 e. The average molecular weight is 265 g/mol. The van der Waals surface area contributed by atoms with E-state index in [2.05, 4.69) is 10.1 Å². The fraction of sp³-hybridized carbons (Fsp3) is 0.533. The minimum Gasteiger partial charge on any atom is -0.465 e. The van der Waals surface area contributed by atoms with Crippen LogP contribution in [0.25, 0.3) is 0 Å². The molecular weight excluding hydrogens is 242 g/mol. The van der Waals surface area contributed by atoms with E-state index in [-0.39, 0.29) is 5.97 Å². The molecule has 0 aliphatic carbocycles. The molecule has 0 aliphatic rings. The second kappa shape index (κ2) is 7.26. The van der Waals surface area contributed by atoms with Gasteiger partial charge in [-0.2, -0.15) is 0 Å². The van der Waals surface area contributed by atoms with E-state index in [4.69, 9.17) is 0 Å². The summed E-state index contributed by atoms with van der Waals surface area (Å²) in [7, 11) is 1.37. The first-order chi connectivity index (χ1) is 9.04. The molecule has 19 heavy (non-hydrogen) atoms. The van der Waals surface area contributed by atoms with E-state index in [0.717, 1.165) is 18.4 Å². The standard InChI is InChI=1S/C15H23NO3/c1-4-15(18,5-2)11-16-10-12-6-8-13(9-7-12)14(17)19-3/h6-9,16,18H,4-5,10-11H2,1-3H3. The second-order valence-electron chi connectivity index (χ2n) is 4.72. The minimum absolute atomic E-state index is 0.328. The zero-order valence-electron chi connectivity index (χ0n) is 11.9. The van der Waals surface area contributed by atoms with E-state index in [1.165, 1.54) is 7.11 Å². The fourth-order valence-corrected chi connectivity index (χ4v) is 1.82. The van der Waals surface area contributed by atoms with Crippen molar-refractivity contribution in [3.05, 3.63) is 35.4 Å². The molecule has 0 unspecified atom stereocenters. The summed E-state index contributed by atoms with van der Waals surface area (Å²) in [5.41, 5.74) is 0.985. The normalized spacial score (nSPS) is 11.4. The van der Waals surface area contributed by atoms with Crippen LogP contribution in [0.4, 0.5) is 0 Å². The number of benzene rings is 1. The topological polar surface area (TPSA) is 58.6 Å². The summed E-state index contributed by atoms with van der Waals surface area (Å²) in [5.74, 6) is -0.328. The van der Waals surface area contributed by atoms with Crippen LogP contribution in [-0.4, -0.2) is 30.3 Å². The van der Waals surface area contributed by atoms with E-state index in [0.29, 0.717) is 18.7 Å². The lowest BCUT2D eigenvalue weighted by Crippen LogP contribution is -2.39. The predicted octanol–water partition coefficient (Wildman–Crippen LogP) is 2.11. The number of carbonyl (C=O) groups is 1. The summed E-state index contributed by atoms with van der Waals surface area (Å²) >= 11 is 0. The van der Waals surface area contributed by atoms with Gasteiger partial charge in [0.2, 0.25) is 0 Å². The third-order valence-corrected chi connectivity index (χ3v) is 3.47. The summed E-state index contributed by atoms with van der Waals surface area (Å²) in [4.78, 5) is 11.3. The molecule has 0 aliphatic heterocycles. The summed E-state index contributed by atoms with van der Waals surface area (Å²) in [6.45, 7) is 5.20. The predicted molar refractivity (Wildman–Crippen MR) is 75.0 cm³/mol. The van der Waals surface area contributed by atoms with Crippen molar-refractivity contribution < 1.29 is 14.6 Å². The maximum Gasteiger partial charge on any atom is 0.337 e. The summed E-state index contributed by atoms with van der Waals surface area (Å²) in [5, 5.41) is 13.4. The molecule has 2 N–H and O–H groups in total. The summed E-state index contributed by atoms with van der Waals surface area (Å²) in [6, 6.07) is 7.26. The van der Waals surface area contributed by atoms with Gasteiger partial charge in [-0.05, 0) is 30.5 Å². The fourth-order valence-electron chi connectivity index (χ4n) is 1.82. The van der Waals surface area contributed by atoms with Crippen molar-refractivity contribution >= 4 is 5.97 Å². The van der Waals surface area contributed by atoms with Crippen LogP contribution in [0.15, 0.2) is 24.3 Å². The zero-order chi connectivity index (χ0) is 14.3. The third kappa shape index (κ3) is 4.65. The van der Waals surface area contributed by atoms with Gasteiger partial charge in [0, 0.05) is 13.1 Å². The third-order valence-electron chi connectivity index (χ3n) is 3.47. The lowest BCUT2D eigenvalue weighted by molar-refractivity contribution is 0.0323. The second-order valence-corrected chi connectivity index (χ2v) is 4.72. The van der Waals surface area contributed by atoms with Gasteiger partial charge in [-0.1, -0.05) is 26.0 Å². The van der Waals surface area contributed by atoms with Gasteiger partial charge < -0.3 is 15.2 Å². The molecule has 0 spiro atoms. The highest BCUT2D eigenvalue weighted by Gasteiger charge is 2.20. The first kappa shape index (κ1) is 15.7. The van der Waals surface area contributed by atoms with E-state index in [9.17, 15) is 9.90 Å². The van der Waals surface area contributed by atoms with Gasteiger partial charge in [-0.15, -0.1) is 0 Å². The first-order valence-electron chi connectivity index (χ1n) is 6.65. The molecule has 0 saturated heterocycles. The first-order valence-corrected chi connectivity index (χ1v) is 6.65. The number of hydrogen-bond donors (Lipinski definition) is 2. The van der Waals surface area contributed by atoms with Gasteiger partial charge in [0.25, 0.3) is 0 Å². The number of carbonyl (C=O) groups excluding carboxylic acids is 1. The van der Waals surface area contributed by atoms with Gasteiger partial charge in [0.05, 0.1) is 18.3 Å². The Balaban J connectivity index is 2.48. The molecule has 0 heterocycles. The van der Waals surface area contributed by atoms with Crippen LogP contribution >= 0.6 is 0 Å². The molecule has 4 heteroatoms. The molecule has 0 fully saturated rings. The molecule has 0 aromatic heterocycles. The molecule has 0 bridgehead atoms. The maximum atomic E-state index is 11.3. The average Bonchev–Trinajstić information content (AvgIpc) is 2.47. The van der Waals surface area contributed by atoms with Crippen LogP contribution in [0.2, 0.25) is 0 Å². The van der Waals surface area contributed by atoms with Crippen molar-refractivity contribution in [2.75, 3.05) is 13.7 Å². The minimum atomic E-state index is -0.633. The SMILES string of the molecule is CCC(O)(CC)CNCc1ccc(C(=O)OC)cc1. The summed E-state index contributed by atoms with van der Waals surface area (Å²) < 4.78 is 4.64. The van der Waals surface area contributed by atoms with Crippen molar-refractivity contribution in [1.29, 1.82) is 0 Å². The highest BCUT2D eigenvalue weighted by atomic mass is 16.5. The Morgan fingerprint density at radius 3 is 2.32 bits per heavy atom. The highest BCUT2D eigenvalue weighted by Crippen LogP contribution is 2.13. The number of hydrogen-bond acceptors (Lipinski definition) is 4. The molecule has 1 rings (SSSR count). The van der Waals surface area contributed by atoms with Crippen molar-refractivity contribution in [3.63, 3.8) is 0 Å². The molecule has 1 aromatic carbocycles. The van der Waals surface area contributed by atoms with Gasteiger partial charge in [-0.25, -0.2) is 4.79 Å². The van der Waals surface area contributed by atoms with Gasteiger partial charge >= 0.3 is 5.97 Å². The molecule has 0 radical (unpaired) electrons. The molecule has 1 aromatic rings. The van der Waals surface area contributed by atoms with Crippen LogP contribution in [0.5, 0.6) is 0 Å². The highest BCUT2D eigenvalue weighted by molar-refractivity contribution is 5.89. The Morgan fingerprint density at radius 2 is 1.84 bits per heavy atom. The maximum absolute atomic E-state index is 11.3. The van der Waals surface area contributed by atoms with Crippen molar-refractivity contribution in [2.45, 2.75) is 38.8 Å². The number of esters is 1. The van der Waals surface area contributed by atoms with Crippen LogP contribution < -0.4 is 5.32 Å². The molecule has 0 atom stereocenters. The van der Waals surface area contributed by atoms with Gasteiger partial charge in [-0.3, -0.25) is 0 Å². The van der Waals surface area contributed by atoms with Crippen LogP contribution in [0, 0.1) is 0 Å². The van der Waals surface area contributed by atoms with Crippen molar-refractivity contribution in [3.8, 4) is 0 Å². The number of methoxy groups -OCH3 is 1. The Morgan fingerprint density at radius 1 is 1.26 bits per heavy atom. The number of rotatable bonds is 7. The molecule has 106 valence electrons. The molecule has 0 saturated carbocycles. The van der Waals surface area contributed by atoms with Gasteiger partial charge in [0.15, 0.2) is 0 Å². The van der Waals surface area contributed by atoms with E-state index in [1.807, 2.05) is 26.0 Å². The Hall–Kier alpha value is -1.39. The van der Waals surface area contributed by atoms with E-state index >= 15 is 0 Å². The lowest BCUT2D eigenvalue weighted by atomic mass is 9.97. The van der Waals surface area contributed by atoms with E-state index in [1.54, 1.807) is 12.1 Å². The zero-order valence-corrected chi connectivity index (χ0v) is 11.9. The molecular formula is C15H23NO3. The number of nitrogens with one attached hydrogen (secondary N) is 1. The van der Waals surface area contributed by atoms with Crippen molar-refractivity contribution in [2.24, 2.45) is 0 Å². The van der Waals surface area contributed by atoms with Crippen LogP contribution in [0.3, 0.4) is 0 Å². The smallest absolute Gasteiger partial charge is 0.337 e. The monoisotopic (exact) mass is 265 g/mol. The molecule has 4 nitrogen and oxygen atoms in total. The van der Waals surface area contributed by atoms with E-state index < -0.39 is 5.60 Å². The van der Waals surface area contributed by atoms with Crippen molar-refractivity contribution in [1.82, 2.24) is 5.32 Å².